The molecule has 0 heterocycles. The van der Waals surface area contributed by atoms with Crippen LogP contribution in [0.1, 0.15) is 49.3 Å². The van der Waals surface area contributed by atoms with Gasteiger partial charge < -0.3 is 5.32 Å². The molecule has 1 nitrogen and oxygen atoms in total. The van der Waals surface area contributed by atoms with Gasteiger partial charge in [0.1, 0.15) is 0 Å². The molecule has 0 unspecified atom stereocenters. The Bertz CT molecular complexity index is 337. The monoisotopic (exact) mass is 203 g/mol. The molecule has 0 saturated heterocycles. The van der Waals surface area contributed by atoms with Crippen LogP contribution in [0.3, 0.4) is 0 Å². The molecule has 1 fully saturated rings. The van der Waals surface area contributed by atoms with E-state index in [1.165, 1.54) is 29.5 Å². The highest BCUT2D eigenvalue weighted by molar-refractivity contribution is 5.33. The summed E-state index contributed by atoms with van der Waals surface area (Å²) in [7, 11) is 0. The van der Waals surface area contributed by atoms with Crippen LogP contribution in [0.4, 0.5) is 0 Å². The standard InChI is InChI=1S/C14H21N/c1-10(2)14-7-4-12(8-11(14)3)9-15-13-5-6-13/h4,7-8,10,13,15H,5-6,9H2,1-3H3. The largest absolute Gasteiger partial charge is 0.310 e. The summed E-state index contributed by atoms with van der Waals surface area (Å²) in [4.78, 5) is 0. The van der Waals surface area contributed by atoms with Crippen molar-refractivity contribution in [2.24, 2.45) is 0 Å². The van der Waals surface area contributed by atoms with Crippen LogP contribution in [0.2, 0.25) is 0 Å². The molecule has 1 aliphatic carbocycles. The first kappa shape index (κ1) is 10.7. The molecule has 1 aromatic carbocycles. The molecule has 1 saturated carbocycles. The van der Waals surface area contributed by atoms with Crippen molar-refractivity contribution in [1.29, 1.82) is 0 Å². The number of rotatable bonds is 4. The van der Waals surface area contributed by atoms with Gasteiger partial charge in [0.2, 0.25) is 0 Å². The normalized spacial score (nSPS) is 16.0. The van der Waals surface area contributed by atoms with E-state index >= 15 is 0 Å². The van der Waals surface area contributed by atoms with E-state index in [9.17, 15) is 0 Å². The molecule has 1 N–H and O–H groups in total. The van der Waals surface area contributed by atoms with E-state index in [2.05, 4.69) is 44.3 Å². The van der Waals surface area contributed by atoms with Crippen molar-refractivity contribution < 1.29 is 0 Å². The summed E-state index contributed by atoms with van der Waals surface area (Å²) < 4.78 is 0. The summed E-state index contributed by atoms with van der Waals surface area (Å²) in [5.41, 5.74) is 4.33. The van der Waals surface area contributed by atoms with Crippen LogP contribution in [0.5, 0.6) is 0 Å². The Labute approximate surface area is 92.9 Å². The van der Waals surface area contributed by atoms with Gasteiger partial charge in [-0.05, 0) is 42.4 Å². The molecule has 1 aromatic rings. The van der Waals surface area contributed by atoms with Gasteiger partial charge in [-0.1, -0.05) is 32.0 Å². The molecule has 2 rings (SSSR count). The highest BCUT2D eigenvalue weighted by atomic mass is 14.9. The number of hydrogen-bond acceptors (Lipinski definition) is 1. The zero-order chi connectivity index (χ0) is 10.8. The van der Waals surface area contributed by atoms with E-state index in [0.29, 0.717) is 5.92 Å². The van der Waals surface area contributed by atoms with Gasteiger partial charge in [0.25, 0.3) is 0 Å². The number of nitrogens with one attached hydrogen (secondary N) is 1. The van der Waals surface area contributed by atoms with Gasteiger partial charge in [-0.15, -0.1) is 0 Å². The lowest BCUT2D eigenvalue weighted by molar-refractivity contribution is 0.686. The lowest BCUT2D eigenvalue weighted by Crippen LogP contribution is -2.15. The molecule has 0 amide bonds. The van der Waals surface area contributed by atoms with Crippen LogP contribution in [-0.4, -0.2) is 6.04 Å². The van der Waals surface area contributed by atoms with Crippen LogP contribution in [-0.2, 0) is 6.54 Å². The fraction of sp³-hybridized carbons (Fsp3) is 0.571. The van der Waals surface area contributed by atoms with E-state index < -0.39 is 0 Å². The predicted molar refractivity (Wildman–Crippen MR) is 65.1 cm³/mol. The average molecular weight is 203 g/mol. The SMILES string of the molecule is Cc1cc(CNC2CC2)ccc1C(C)C. The van der Waals surface area contributed by atoms with E-state index in [-0.39, 0.29) is 0 Å². The van der Waals surface area contributed by atoms with E-state index in [4.69, 9.17) is 0 Å². The highest BCUT2D eigenvalue weighted by Crippen LogP contribution is 2.22. The third-order valence-electron chi connectivity index (χ3n) is 3.13. The Kier molecular flexibility index (Phi) is 3.11. The summed E-state index contributed by atoms with van der Waals surface area (Å²) in [6.45, 7) is 7.76. The van der Waals surface area contributed by atoms with Crippen molar-refractivity contribution in [3.05, 3.63) is 34.9 Å². The third kappa shape index (κ3) is 2.82. The molecule has 82 valence electrons. The van der Waals surface area contributed by atoms with Crippen molar-refractivity contribution >= 4 is 0 Å². The molecule has 0 spiro atoms. The van der Waals surface area contributed by atoms with Gasteiger partial charge in [-0.2, -0.15) is 0 Å². The second kappa shape index (κ2) is 4.36. The Morgan fingerprint density at radius 3 is 2.60 bits per heavy atom. The lowest BCUT2D eigenvalue weighted by Gasteiger charge is -2.11. The van der Waals surface area contributed by atoms with Crippen LogP contribution in [0.25, 0.3) is 0 Å². The fourth-order valence-corrected chi connectivity index (χ4v) is 2.05. The summed E-state index contributed by atoms with van der Waals surface area (Å²) in [6, 6.07) is 7.67. The van der Waals surface area contributed by atoms with Crippen molar-refractivity contribution in [3.8, 4) is 0 Å². The Balaban J connectivity index is 2.03. The van der Waals surface area contributed by atoms with Crippen LogP contribution in [0, 0.1) is 6.92 Å². The molecule has 0 aromatic heterocycles. The van der Waals surface area contributed by atoms with Gasteiger partial charge in [0, 0.05) is 12.6 Å². The summed E-state index contributed by atoms with van der Waals surface area (Å²) in [5, 5.41) is 3.55. The van der Waals surface area contributed by atoms with Crippen LogP contribution < -0.4 is 5.32 Å². The van der Waals surface area contributed by atoms with Gasteiger partial charge in [0.15, 0.2) is 0 Å². The minimum Gasteiger partial charge on any atom is -0.310 e. The van der Waals surface area contributed by atoms with E-state index in [1.807, 2.05) is 0 Å². The number of hydrogen-bond donors (Lipinski definition) is 1. The topological polar surface area (TPSA) is 12.0 Å². The zero-order valence-electron chi connectivity index (χ0n) is 10.0. The minimum atomic E-state index is 0.635. The fourth-order valence-electron chi connectivity index (χ4n) is 2.05. The molecular formula is C14H21N. The molecular weight excluding hydrogens is 182 g/mol. The smallest absolute Gasteiger partial charge is 0.0208 e. The summed E-state index contributed by atoms with van der Waals surface area (Å²) >= 11 is 0. The maximum atomic E-state index is 3.55. The van der Waals surface area contributed by atoms with Crippen molar-refractivity contribution in [1.82, 2.24) is 5.32 Å². The van der Waals surface area contributed by atoms with Crippen LogP contribution in [0.15, 0.2) is 18.2 Å². The third-order valence-corrected chi connectivity index (χ3v) is 3.13. The van der Waals surface area contributed by atoms with Crippen LogP contribution >= 0.6 is 0 Å². The van der Waals surface area contributed by atoms with Crippen molar-refractivity contribution in [3.63, 3.8) is 0 Å². The van der Waals surface area contributed by atoms with Gasteiger partial charge >= 0.3 is 0 Å². The van der Waals surface area contributed by atoms with Gasteiger partial charge in [-0.3, -0.25) is 0 Å². The quantitative estimate of drug-likeness (QED) is 0.791. The maximum Gasteiger partial charge on any atom is 0.0208 e. The number of benzene rings is 1. The first-order valence-corrected chi connectivity index (χ1v) is 5.99. The van der Waals surface area contributed by atoms with Gasteiger partial charge in [0.05, 0.1) is 0 Å². The van der Waals surface area contributed by atoms with Crippen molar-refractivity contribution in [2.75, 3.05) is 0 Å². The molecule has 0 bridgehead atoms. The predicted octanol–water partition coefficient (Wildman–Crippen LogP) is 3.37. The molecule has 1 aliphatic rings. The second-order valence-corrected chi connectivity index (χ2v) is 5.00. The molecule has 0 aliphatic heterocycles. The van der Waals surface area contributed by atoms with Gasteiger partial charge in [-0.25, -0.2) is 0 Å². The first-order valence-electron chi connectivity index (χ1n) is 5.99. The van der Waals surface area contributed by atoms with E-state index in [0.717, 1.165) is 12.6 Å². The molecule has 0 radical (unpaired) electrons. The Hall–Kier alpha value is -0.820. The molecule has 1 heteroatoms. The first-order chi connectivity index (χ1) is 7.16. The maximum absolute atomic E-state index is 3.55. The Morgan fingerprint density at radius 1 is 1.33 bits per heavy atom. The average Bonchev–Trinajstić information content (AvgIpc) is 2.97. The minimum absolute atomic E-state index is 0.635. The summed E-state index contributed by atoms with van der Waals surface area (Å²) in [6.07, 6.45) is 2.73. The molecule has 15 heavy (non-hydrogen) atoms. The Morgan fingerprint density at radius 2 is 2.07 bits per heavy atom. The highest BCUT2D eigenvalue weighted by Gasteiger charge is 2.19. The number of aryl methyl sites for hydroxylation is 1. The lowest BCUT2D eigenvalue weighted by atomic mass is 9.96. The summed E-state index contributed by atoms with van der Waals surface area (Å²) in [5.74, 6) is 0.635. The van der Waals surface area contributed by atoms with E-state index in [1.54, 1.807) is 0 Å². The zero-order valence-corrected chi connectivity index (χ0v) is 10.0. The molecule has 0 atom stereocenters. The van der Waals surface area contributed by atoms with Crippen molar-refractivity contribution in [2.45, 2.75) is 52.1 Å². The second-order valence-electron chi connectivity index (χ2n) is 5.00.